The second-order valence-electron chi connectivity index (χ2n) is 17.1. The number of aromatic nitrogens is 1. The van der Waals surface area contributed by atoms with E-state index in [1.165, 1.54) is 11.0 Å². The zero-order valence-corrected chi connectivity index (χ0v) is 34.5. The molecule has 58 heavy (non-hydrogen) atoms. The van der Waals surface area contributed by atoms with Gasteiger partial charge in [-0.2, -0.15) is 13.1 Å². The first-order chi connectivity index (χ1) is 27.6. The Kier molecular flexibility index (Phi) is 11.6. The van der Waals surface area contributed by atoms with Gasteiger partial charge in [0.25, 0.3) is 5.91 Å². The maximum Gasteiger partial charge on any atom is 0.301 e. The normalized spacial score (nSPS) is 23.8. The van der Waals surface area contributed by atoms with E-state index in [0.29, 0.717) is 54.0 Å². The first kappa shape index (κ1) is 41.2. The minimum Gasteiger partial charge on any atom is -0.497 e. The van der Waals surface area contributed by atoms with Gasteiger partial charge in [0, 0.05) is 61.0 Å². The van der Waals surface area contributed by atoms with Gasteiger partial charge in [0.2, 0.25) is 17.7 Å². The lowest BCUT2D eigenvalue weighted by Crippen LogP contribution is -2.58. The molecule has 0 unspecified atom stereocenters. The van der Waals surface area contributed by atoms with Gasteiger partial charge in [0.15, 0.2) is 0 Å². The van der Waals surface area contributed by atoms with E-state index in [9.17, 15) is 27.6 Å². The molecule has 0 radical (unpaired) electrons. The highest BCUT2D eigenvalue weighted by atomic mass is 32.2. The van der Waals surface area contributed by atoms with Gasteiger partial charge in [0.1, 0.15) is 29.2 Å². The van der Waals surface area contributed by atoms with Gasteiger partial charge < -0.3 is 24.6 Å². The molecule has 3 N–H and O–H groups in total. The molecule has 15 heteroatoms. The molecule has 14 nitrogen and oxygen atoms in total. The number of piperidine rings is 1. The Morgan fingerprint density at radius 2 is 1.76 bits per heavy atom. The van der Waals surface area contributed by atoms with E-state index in [1.54, 1.807) is 7.11 Å². The highest BCUT2D eigenvalue weighted by Crippen LogP contribution is 2.45. The second kappa shape index (κ2) is 16.3. The third-order valence-corrected chi connectivity index (χ3v) is 12.9. The topological polar surface area (TPSA) is 176 Å². The number of ether oxygens (including phenoxy) is 2. The average Bonchev–Trinajstić information content (AvgIpc) is 4.11. The van der Waals surface area contributed by atoms with Gasteiger partial charge in [-0.3, -0.25) is 19.2 Å². The lowest BCUT2D eigenvalue weighted by molar-refractivity contribution is -0.148. The van der Waals surface area contributed by atoms with Crippen LogP contribution >= 0.6 is 0 Å². The van der Waals surface area contributed by atoms with E-state index >= 15 is 0 Å². The quantitative estimate of drug-likeness (QED) is 0.198. The Labute approximate surface area is 340 Å². The number of carbonyl (C=O) groups excluding carboxylic acids is 4. The molecule has 0 bridgehead atoms. The van der Waals surface area contributed by atoms with Crippen LogP contribution in [0, 0.1) is 17.3 Å². The van der Waals surface area contributed by atoms with Crippen LogP contribution in [0.3, 0.4) is 0 Å². The lowest BCUT2D eigenvalue weighted by Gasteiger charge is -2.36. The monoisotopic (exact) mass is 814 g/mol. The SMILES string of the molecule is C=C[C@H]1C[C@]1(NC(=O)[C@@H]1C[C@@H](Oc2cc(-c3ccccc3)nc3cc(OC)ccc23)CN1C(=O)[C@@H](CC(=O)N1CCCCC1)C(C)(C)C)C(=O)NS(=O)(=O)NC1CC1. The highest BCUT2D eigenvalue weighted by Gasteiger charge is 2.61. The third kappa shape index (κ3) is 9.00. The van der Waals surface area contributed by atoms with Gasteiger partial charge in [-0.05, 0) is 56.1 Å². The van der Waals surface area contributed by atoms with Crippen molar-refractivity contribution >= 4 is 44.7 Å². The molecule has 2 aromatic carbocycles. The van der Waals surface area contributed by atoms with Crippen molar-refractivity contribution in [1.29, 1.82) is 0 Å². The Hall–Kier alpha value is -5.02. The summed E-state index contributed by atoms with van der Waals surface area (Å²) in [6, 6.07) is 15.6. The van der Waals surface area contributed by atoms with Crippen LogP contribution in [-0.2, 0) is 29.4 Å². The van der Waals surface area contributed by atoms with E-state index in [-0.39, 0.29) is 43.7 Å². The Balaban J connectivity index is 1.20. The fourth-order valence-corrected chi connectivity index (χ4v) is 9.28. The standard InChI is InChI=1S/C43H54N6O8S/c1-6-28-25-43(28,41(53)47-58(54,55)46-29-15-16-29)45-39(51)36-22-31(26-49(36)40(52)33(42(2,3)4)23-38(50)48-19-11-8-12-20-48)57-37-24-34(27-13-9-7-10-14-27)44-35-21-30(56-5)17-18-32(35)37/h6-7,9-10,13-14,17-18,21,24,28-29,31,33,36,46H,1,8,11-12,15-16,19-20,22-23,25-26H2,2-5H3,(H,45,51)(H,47,53)/t28-,31+,33+,36-,43+/m0/s1. The zero-order chi connectivity index (χ0) is 41.4. The maximum absolute atomic E-state index is 14.9. The predicted octanol–water partition coefficient (Wildman–Crippen LogP) is 4.50. The first-order valence-corrected chi connectivity index (χ1v) is 21.7. The molecular formula is C43H54N6O8S. The number of rotatable bonds is 14. The molecule has 4 aliphatic rings. The van der Waals surface area contributed by atoms with Gasteiger partial charge in [-0.1, -0.05) is 57.2 Å². The summed E-state index contributed by atoms with van der Waals surface area (Å²) in [5.74, 6) is -2.18. The van der Waals surface area contributed by atoms with E-state index in [0.717, 1.165) is 24.8 Å². The average molecular weight is 815 g/mol. The van der Waals surface area contributed by atoms with E-state index in [1.807, 2.05) is 80.3 Å². The van der Waals surface area contributed by atoms with Crippen LogP contribution in [0.15, 0.2) is 67.3 Å². The maximum atomic E-state index is 14.9. The largest absolute Gasteiger partial charge is 0.497 e. The van der Waals surface area contributed by atoms with E-state index in [2.05, 4.69) is 21.3 Å². The van der Waals surface area contributed by atoms with E-state index < -0.39 is 57.0 Å². The summed E-state index contributed by atoms with van der Waals surface area (Å²) in [5.41, 5.74) is -0.0825. The van der Waals surface area contributed by atoms with Crippen molar-refractivity contribution in [1.82, 2.24) is 29.5 Å². The molecule has 2 saturated carbocycles. The van der Waals surface area contributed by atoms with Crippen LogP contribution in [0.5, 0.6) is 11.5 Å². The molecule has 3 heterocycles. The number of hydrogen-bond acceptors (Lipinski definition) is 9. The first-order valence-electron chi connectivity index (χ1n) is 20.2. The predicted molar refractivity (Wildman–Crippen MR) is 219 cm³/mol. The molecule has 5 atom stereocenters. The number of hydrogen-bond donors (Lipinski definition) is 3. The van der Waals surface area contributed by atoms with Crippen molar-refractivity contribution in [3.8, 4) is 22.8 Å². The van der Waals surface area contributed by atoms with Crippen LogP contribution < -0.4 is 24.2 Å². The molecule has 2 aliphatic carbocycles. The number of likely N-dealkylation sites (tertiary alicyclic amines) is 2. The van der Waals surface area contributed by atoms with Crippen molar-refractivity contribution in [3.63, 3.8) is 0 Å². The highest BCUT2D eigenvalue weighted by molar-refractivity contribution is 7.88. The molecule has 4 fully saturated rings. The van der Waals surface area contributed by atoms with Crippen LogP contribution in [0.1, 0.15) is 72.1 Å². The van der Waals surface area contributed by atoms with Crippen molar-refractivity contribution in [2.45, 2.75) is 95.9 Å². The smallest absolute Gasteiger partial charge is 0.301 e. The van der Waals surface area contributed by atoms with Crippen LogP contribution in [0.25, 0.3) is 22.2 Å². The summed E-state index contributed by atoms with van der Waals surface area (Å²) in [4.78, 5) is 65.0. The number of benzene rings is 2. The molecule has 3 aromatic rings. The fraction of sp³-hybridized carbons (Fsp3) is 0.512. The molecule has 0 spiro atoms. The summed E-state index contributed by atoms with van der Waals surface area (Å²) < 4.78 is 42.4. The number of carbonyl (C=O) groups is 4. The van der Waals surface area contributed by atoms with Crippen LogP contribution in [0.4, 0.5) is 0 Å². The number of nitrogens with one attached hydrogen (secondary N) is 3. The van der Waals surface area contributed by atoms with Crippen molar-refractivity contribution in [3.05, 3.63) is 67.3 Å². The van der Waals surface area contributed by atoms with Gasteiger partial charge >= 0.3 is 10.2 Å². The molecule has 2 saturated heterocycles. The Morgan fingerprint density at radius 1 is 1.03 bits per heavy atom. The summed E-state index contributed by atoms with van der Waals surface area (Å²) in [6.45, 7) is 10.9. The van der Waals surface area contributed by atoms with Crippen LogP contribution in [-0.4, -0.2) is 97.3 Å². The number of amides is 4. The van der Waals surface area contributed by atoms with E-state index in [4.69, 9.17) is 14.5 Å². The van der Waals surface area contributed by atoms with Crippen molar-refractivity contribution < 1.29 is 37.1 Å². The minimum atomic E-state index is -4.18. The third-order valence-electron chi connectivity index (χ3n) is 11.8. The van der Waals surface area contributed by atoms with Gasteiger partial charge in [0.05, 0.1) is 30.8 Å². The molecule has 4 amide bonds. The second-order valence-corrected chi connectivity index (χ2v) is 18.6. The number of methoxy groups -OCH3 is 1. The number of nitrogens with zero attached hydrogens (tertiary/aromatic N) is 3. The van der Waals surface area contributed by atoms with Crippen molar-refractivity contribution in [2.75, 3.05) is 26.7 Å². The molecular weight excluding hydrogens is 761 g/mol. The number of fused-ring (bicyclic) bond motifs is 1. The Morgan fingerprint density at radius 3 is 2.40 bits per heavy atom. The number of pyridine rings is 1. The summed E-state index contributed by atoms with van der Waals surface area (Å²) in [6.07, 6.45) is 5.24. The minimum absolute atomic E-state index is 0.0197. The summed E-state index contributed by atoms with van der Waals surface area (Å²) in [5, 5.41) is 3.55. The zero-order valence-electron chi connectivity index (χ0n) is 33.7. The summed E-state index contributed by atoms with van der Waals surface area (Å²) >= 11 is 0. The Bertz CT molecular complexity index is 2180. The van der Waals surface area contributed by atoms with Crippen LogP contribution in [0.2, 0.25) is 0 Å². The molecule has 7 rings (SSSR count). The molecule has 2 aliphatic heterocycles. The molecule has 1 aromatic heterocycles. The summed E-state index contributed by atoms with van der Waals surface area (Å²) in [7, 11) is -2.60. The fourth-order valence-electron chi connectivity index (χ4n) is 8.12. The van der Waals surface area contributed by atoms with Gasteiger partial charge in [-0.15, -0.1) is 6.58 Å². The molecule has 310 valence electrons. The van der Waals surface area contributed by atoms with Crippen molar-refractivity contribution in [2.24, 2.45) is 17.3 Å². The van der Waals surface area contributed by atoms with Gasteiger partial charge in [-0.25, -0.2) is 9.71 Å². The lowest BCUT2D eigenvalue weighted by atomic mass is 9.77.